The Balaban J connectivity index is 2.72. The van der Waals surface area contributed by atoms with Crippen LogP contribution in [0.5, 0.6) is 0 Å². The molecule has 4 heteroatoms. The summed E-state index contributed by atoms with van der Waals surface area (Å²) in [5.74, 6) is -1.59. The van der Waals surface area contributed by atoms with E-state index >= 15 is 0 Å². The Hall–Kier alpha value is -1.26. The van der Waals surface area contributed by atoms with Crippen LogP contribution in [-0.2, 0) is 4.74 Å². The van der Waals surface area contributed by atoms with E-state index in [1.54, 1.807) is 19.1 Å². The first-order chi connectivity index (χ1) is 11.0. The molecule has 0 aliphatic carbocycles. The normalized spacial score (nSPS) is 16.5. The van der Waals surface area contributed by atoms with Gasteiger partial charge in [0.05, 0.1) is 6.10 Å². The van der Waals surface area contributed by atoms with Crippen LogP contribution < -0.4 is 0 Å². The van der Waals surface area contributed by atoms with Crippen LogP contribution in [0.3, 0.4) is 0 Å². The molecule has 0 saturated carbocycles. The number of hydrogen-bond acceptors (Lipinski definition) is 4. The van der Waals surface area contributed by atoms with Gasteiger partial charge in [-0.1, -0.05) is 81.5 Å². The fraction of sp³-hybridized carbons (Fsp3) is 0.684. The zero-order chi connectivity index (χ0) is 17.1. The largest absolute Gasteiger partial charge is 0.364 e. The van der Waals surface area contributed by atoms with Gasteiger partial charge in [0.25, 0.3) is 0 Å². The highest BCUT2D eigenvalue weighted by Gasteiger charge is 2.37. The summed E-state index contributed by atoms with van der Waals surface area (Å²) in [7, 11) is 0. The van der Waals surface area contributed by atoms with Crippen LogP contribution in [0.15, 0.2) is 35.5 Å². The maximum atomic E-state index is 11.3. The van der Waals surface area contributed by atoms with Crippen LogP contribution in [-0.4, -0.2) is 17.0 Å². The smallest absolute Gasteiger partial charge is 0.193 e. The zero-order valence-electron chi connectivity index (χ0n) is 14.7. The molecule has 0 bridgehead atoms. The Morgan fingerprint density at radius 2 is 1.78 bits per heavy atom. The van der Waals surface area contributed by atoms with Crippen molar-refractivity contribution in [2.75, 3.05) is 0 Å². The lowest BCUT2D eigenvalue weighted by Gasteiger charge is -2.32. The molecule has 4 nitrogen and oxygen atoms in total. The van der Waals surface area contributed by atoms with Gasteiger partial charge in [-0.3, -0.25) is 0 Å². The Bertz CT molecular complexity index is 434. The first kappa shape index (κ1) is 19.8. The molecule has 0 saturated heterocycles. The van der Waals surface area contributed by atoms with Crippen molar-refractivity contribution in [3.63, 3.8) is 0 Å². The second-order valence-electron chi connectivity index (χ2n) is 6.35. The maximum Gasteiger partial charge on any atom is 0.193 e. The summed E-state index contributed by atoms with van der Waals surface area (Å²) in [4.78, 5) is 11.3. The molecule has 1 N–H and O–H groups in total. The van der Waals surface area contributed by atoms with Gasteiger partial charge in [-0.25, -0.2) is 0 Å². The second-order valence-corrected chi connectivity index (χ2v) is 6.35. The fourth-order valence-corrected chi connectivity index (χ4v) is 2.89. The van der Waals surface area contributed by atoms with Crippen molar-refractivity contribution in [1.82, 2.24) is 0 Å². The third-order valence-electron chi connectivity index (χ3n) is 4.12. The quantitative estimate of drug-likeness (QED) is 0.320. The molecular formula is C19H31NO3. The first-order valence-corrected chi connectivity index (χ1v) is 8.82. The molecule has 0 aromatic heterocycles. The lowest BCUT2D eigenvalue weighted by Crippen LogP contribution is -2.39. The Morgan fingerprint density at radius 1 is 1.09 bits per heavy atom. The molecular weight excluding hydrogens is 290 g/mol. The fourth-order valence-electron chi connectivity index (χ4n) is 2.89. The Labute approximate surface area is 140 Å². The molecule has 3 atom stereocenters. The molecule has 1 aromatic carbocycles. The molecule has 0 heterocycles. The number of unbranched alkanes of at least 4 members (excludes halogenated alkanes) is 3. The molecule has 23 heavy (non-hydrogen) atoms. The molecule has 0 aliphatic rings. The van der Waals surface area contributed by atoms with Crippen molar-refractivity contribution in [2.45, 2.75) is 83.6 Å². The van der Waals surface area contributed by atoms with Crippen molar-refractivity contribution >= 4 is 0 Å². The Morgan fingerprint density at radius 3 is 2.35 bits per heavy atom. The number of benzene rings is 1. The van der Waals surface area contributed by atoms with Crippen molar-refractivity contribution in [1.29, 1.82) is 0 Å². The average Bonchev–Trinajstić information content (AvgIpc) is 2.53. The molecule has 1 rings (SSSR count). The van der Waals surface area contributed by atoms with Gasteiger partial charge >= 0.3 is 0 Å². The molecule has 0 radical (unpaired) electrons. The van der Waals surface area contributed by atoms with E-state index in [2.05, 4.69) is 19.0 Å². The lowest BCUT2D eigenvalue weighted by atomic mass is 9.99. The van der Waals surface area contributed by atoms with Gasteiger partial charge in [0.1, 0.15) is 0 Å². The summed E-state index contributed by atoms with van der Waals surface area (Å²) >= 11 is 0. The van der Waals surface area contributed by atoms with Crippen molar-refractivity contribution in [3.05, 3.63) is 40.8 Å². The minimum absolute atomic E-state index is 0.0418. The van der Waals surface area contributed by atoms with Crippen LogP contribution in [0, 0.1) is 4.91 Å². The van der Waals surface area contributed by atoms with Crippen LogP contribution in [0.1, 0.15) is 77.3 Å². The monoisotopic (exact) mass is 321 g/mol. The van der Waals surface area contributed by atoms with E-state index in [1.807, 2.05) is 18.2 Å². The molecule has 1 aromatic rings. The van der Waals surface area contributed by atoms with Crippen LogP contribution >= 0.6 is 0 Å². The first-order valence-electron chi connectivity index (χ1n) is 8.82. The maximum absolute atomic E-state index is 11.3. The van der Waals surface area contributed by atoms with Gasteiger partial charge in [0, 0.05) is 0 Å². The highest BCUT2D eigenvalue weighted by molar-refractivity contribution is 5.21. The van der Waals surface area contributed by atoms with Gasteiger partial charge in [-0.15, -0.1) is 4.91 Å². The van der Waals surface area contributed by atoms with Crippen molar-refractivity contribution in [3.8, 4) is 0 Å². The highest BCUT2D eigenvalue weighted by Crippen LogP contribution is 2.33. The van der Waals surface area contributed by atoms with Gasteiger partial charge in [0.15, 0.2) is 11.8 Å². The number of nitrogens with zero attached hydrogens (tertiary/aromatic N) is 1. The predicted octanol–water partition coefficient (Wildman–Crippen LogP) is 5.36. The summed E-state index contributed by atoms with van der Waals surface area (Å²) in [5.41, 5.74) is 0.675. The Kier molecular flexibility index (Phi) is 9.03. The van der Waals surface area contributed by atoms with Gasteiger partial charge in [0.2, 0.25) is 0 Å². The van der Waals surface area contributed by atoms with E-state index in [4.69, 9.17) is 4.74 Å². The summed E-state index contributed by atoms with van der Waals surface area (Å²) in [5, 5.41) is 13.8. The number of rotatable bonds is 12. The van der Waals surface area contributed by atoms with E-state index < -0.39 is 11.8 Å². The van der Waals surface area contributed by atoms with Crippen molar-refractivity contribution < 1.29 is 9.84 Å². The lowest BCUT2D eigenvalue weighted by molar-refractivity contribution is -0.233. The summed E-state index contributed by atoms with van der Waals surface area (Å²) in [6, 6.07) is 8.20. The number of hydrogen-bond donors (Lipinski definition) is 1. The van der Waals surface area contributed by atoms with Crippen LogP contribution in [0.4, 0.5) is 0 Å². The zero-order valence-corrected chi connectivity index (χ0v) is 14.7. The number of ether oxygens (including phenoxy) is 1. The van der Waals surface area contributed by atoms with Gasteiger partial charge in [-0.05, 0) is 25.3 Å². The van der Waals surface area contributed by atoms with E-state index in [0.717, 1.165) is 25.7 Å². The predicted molar refractivity (Wildman–Crippen MR) is 94.1 cm³/mol. The second kappa shape index (κ2) is 10.5. The van der Waals surface area contributed by atoms with E-state index in [-0.39, 0.29) is 6.10 Å². The third kappa shape index (κ3) is 6.80. The van der Waals surface area contributed by atoms with Crippen LogP contribution in [0.25, 0.3) is 0 Å². The van der Waals surface area contributed by atoms with Crippen molar-refractivity contribution in [2.24, 2.45) is 5.18 Å². The summed E-state index contributed by atoms with van der Waals surface area (Å²) in [6.45, 7) is 5.83. The van der Waals surface area contributed by atoms with Gasteiger partial charge in [-0.2, -0.15) is 0 Å². The van der Waals surface area contributed by atoms with E-state index in [1.165, 1.54) is 19.3 Å². The minimum atomic E-state index is -1.59. The topological polar surface area (TPSA) is 58.9 Å². The van der Waals surface area contributed by atoms with Gasteiger partial charge < -0.3 is 9.84 Å². The molecule has 0 aliphatic heterocycles. The standard InChI is InChI=1S/C19H31NO3/c1-4-6-7-11-15-17(12-5-2)23-19(3,21)18(20-22)16-13-9-8-10-14-16/h8-10,13-14,17-18,21H,4-7,11-12,15H2,1-3H3. The SMILES string of the molecule is CCCCCCC(CCC)OC(C)(O)C(N=O)c1ccccc1. The summed E-state index contributed by atoms with van der Waals surface area (Å²) in [6.07, 6.45) is 7.40. The molecule has 0 fully saturated rings. The highest BCUT2D eigenvalue weighted by atomic mass is 16.6. The minimum Gasteiger partial charge on any atom is -0.364 e. The summed E-state index contributed by atoms with van der Waals surface area (Å²) < 4.78 is 5.93. The number of aliphatic hydroxyl groups is 1. The average molecular weight is 321 g/mol. The van der Waals surface area contributed by atoms with E-state index in [0.29, 0.717) is 5.56 Å². The third-order valence-corrected chi connectivity index (χ3v) is 4.12. The molecule has 0 amide bonds. The van der Waals surface area contributed by atoms with E-state index in [9.17, 15) is 10.0 Å². The molecule has 130 valence electrons. The van der Waals surface area contributed by atoms with Crippen LogP contribution in [0.2, 0.25) is 0 Å². The molecule has 3 unspecified atom stereocenters. The number of nitroso groups, excluding NO2 is 1. The molecule has 0 spiro atoms.